The average Bonchev–Trinajstić information content (AvgIpc) is 2.91. The van der Waals surface area contributed by atoms with Gasteiger partial charge in [-0.15, -0.1) is 11.3 Å². The van der Waals surface area contributed by atoms with Gasteiger partial charge in [0.1, 0.15) is 6.10 Å². The summed E-state index contributed by atoms with van der Waals surface area (Å²) in [4.78, 5) is 1.08. The third-order valence-corrected chi connectivity index (χ3v) is 5.08. The molecule has 1 heterocycles. The van der Waals surface area contributed by atoms with Gasteiger partial charge in [-0.25, -0.2) is 0 Å². The fourth-order valence-corrected chi connectivity index (χ4v) is 3.71. The molecule has 0 amide bonds. The Labute approximate surface area is 126 Å². The van der Waals surface area contributed by atoms with Crippen LogP contribution in [0.4, 0.5) is 0 Å². The highest BCUT2D eigenvalue weighted by molar-refractivity contribution is 7.10. The van der Waals surface area contributed by atoms with Crippen LogP contribution >= 0.6 is 11.3 Å². The molecule has 0 saturated heterocycles. The quantitative estimate of drug-likeness (QED) is 0.836. The molecule has 2 heteroatoms. The normalized spacial score (nSPS) is 12.7. The summed E-state index contributed by atoms with van der Waals surface area (Å²) in [6, 6.07) is 6.61. The van der Waals surface area contributed by atoms with Crippen molar-refractivity contribution >= 4 is 11.3 Å². The average molecular weight is 288 g/mol. The molecule has 0 aliphatic rings. The number of aliphatic hydroxyl groups is 1. The second-order valence-electron chi connectivity index (χ2n) is 5.26. The largest absolute Gasteiger partial charge is 0.383 e. The first-order valence-electron chi connectivity index (χ1n) is 7.48. The van der Waals surface area contributed by atoms with E-state index in [-0.39, 0.29) is 0 Å². The Bertz CT molecular complexity index is 558. The lowest BCUT2D eigenvalue weighted by Crippen LogP contribution is -2.08. The molecule has 0 radical (unpaired) electrons. The van der Waals surface area contributed by atoms with Crippen molar-refractivity contribution in [3.8, 4) is 0 Å². The summed E-state index contributed by atoms with van der Waals surface area (Å²) in [7, 11) is 0. The lowest BCUT2D eigenvalue weighted by Gasteiger charge is -2.20. The van der Waals surface area contributed by atoms with Crippen molar-refractivity contribution in [1.29, 1.82) is 0 Å². The molecule has 1 aromatic heterocycles. The molecule has 1 atom stereocenters. The van der Waals surface area contributed by atoms with Crippen LogP contribution in [-0.2, 0) is 19.3 Å². The summed E-state index contributed by atoms with van der Waals surface area (Å²) in [5.41, 5.74) is 6.28. The summed E-state index contributed by atoms with van der Waals surface area (Å²) >= 11 is 1.65. The monoisotopic (exact) mass is 288 g/mol. The zero-order valence-corrected chi connectivity index (χ0v) is 13.7. The zero-order valence-electron chi connectivity index (χ0n) is 12.9. The van der Waals surface area contributed by atoms with Gasteiger partial charge in [0.15, 0.2) is 0 Å². The smallest absolute Gasteiger partial charge is 0.114 e. The number of aryl methyl sites for hydroxylation is 4. The van der Waals surface area contributed by atoms with E-state index in [0.29, 0.717) is 0 Å². The Morgan fingerprint density at radius 2 is 1.65 bits per heavy atom. The molecule has 0 aliphatic carbocycles. The Balaban J connectivity index is 2.57. The van der Waals surface area contributed by atoms with Crippen molar-refractivity contribution in [3.05, 3.63) is 56.3 Å². The highest BCUT2D eigenvalue weighted by Crippen LogP contribution is 2.34. The first-order chi connectivity index (χ1) is 9.62. The third kappa shape index (κ3) is 2.82. The Morgan fingerprint density at radius 3 is 2.05 bits per heavy atom. The first kappa shape index (κ1) is 15.3. The highest BCUT2D eigenvalue weighted by Gasteiger charge is 2.20. The second-order valence-corrected chi connectivity index (χ2v) is 6.21. The number of thiophene rings is 1. The van der Waals surface area contributed by atoms with Crippen molar-refractivity contribution in [2.24, 2.45) is 0 Å². The predicted octanol–water partition coefficient (Wildman–Crippen LogP) is 4.83. The van der Waals surface area contributed by atoms with Crippen molar-refractivity contribution in [2.45, 2.75) is 53.1 Å². The molecule has 20 heavy (non-hydrogen) atoms. The van der Waals surface area contributed by atoms with Gasteiger partial charge in [-0.2, -0.15) is 0 Å². The number of benzene rings is 1. The van der Waals surface area contributed by atoms with Crippen LogP contribution < -0.4 is 0 Å². The minimum absolute atomic E-state index is 0.481. The number of aliphatic hydroxyl groups excluding tert-OH is 1. The molecule has 2 rings (SSSR count). The molecular weight excluding hydrogens is 264 g/mol. The molecule has 1 N–H and O–H groups in total. The van der Waals surface area contributed by atoms with Crippen molar-refractivity contribution in [3.63, 3.8) is 0 Å². The molecular formula is C18H24OS. The molecule has 1 nitrogen and oxygen atoms in total. The maximum atomic E-state index is 10.9. The standard InChI is InChI=1S/C18H24OS/c1-5-13-10-14(6-2)16(15(7-3)11-13)17(19)18-12(4)8-9-20-18/h8-11,17,19H,5-7H2,1-4H3. The van der Waals surface area contributed by atoms with Gasteiger partial charge in [0.2, 0.25) is 0 Å². The number of rotatable bonds is 5. The number of hydrogen-bond donors (Lipinski definition) is 1. The predicted molar refractivity (Wildman–Crippen MR) is 87.7 cm³/mol. The van der Waals surface area contributed by atoms with Gasteiger partial charge in [0.25, 0.3) is 0 Å². The summed E-state index contributed by atoms with van der Waals surface area (Å²) < 4.78 is 0. The van der Waals surface area contributed by atoms with E-state index in [9.17, 15) is 5.11 Å². The minimum Gasteiger partial charge on any atom is -0.383 e. The van der Waals surface area contributed by atoms with Crippen molar-refractivity contribution < 1.29 is 5.11 Å². The molecule has 0 fully saturated rings. The number of hydrogen-bond acceptors (Lipinski definition) is 2. The third-order valence-electron chi connectivity index (χ3n) is 4.00. The van der Waals surface area contributed by atoms with Gasteiger partial charge >= 0.3 is 0 Å². The Hall–Kier alpha value is -1.12. The van der Waals surface area contributed by atoms with Gasteiger partial charge in [0, 0.05) is 4.88 Å². The van der Waals surface area contributed by atoms with E-state index in [2.05, 4.69) is 51.3 Å². The van der Waals surface area contributed by atoms with Crippen LogP contribution in [0.15, 0.2) is 23.6 Å². The van der Waals surface area contributed by atoms with Crippen molar-refractivity contribution in [1.82, 2.24) is 0 Å². The Morgan fingerprint density at radius 1 is 1.05 bits per heavy atom. The maximum Gasteiger partial charge on any atom is 0.114 e. The maximum absolute atomic E-state index is 10.9. The van der Waals surface area contributed by atoms with Crippen molar-refractivity contribution in [2.75, 3.05) is 0 Å². The van der Waals surface area contributed by atoms with E-state index >= 15 is 0 Å². The molecule has 0 saturated carbocycles. The topological polar surface area (TPSA) is 20.2 Å². The highest BCUT2D eigenvalue weighted by atomic mass is 32.1. The van der Waals surface area contributed by atoms with E-state index in [0.717, 1.165) is 29.7 Å². The van der Waals surface area contributed by atoms with Crippen LogP contribution in [0.25, 0.3) is 0 Å². The van der Waals surface area contributed by atoms with Gasteiger partial charge in [-0.1, -0.05) is 32.9 Å². The van der Waals surface area contributed by atoms with Crippen LogP contribution in [0.1, 0.15) is 59.6 Å². The minimum atomic E-state index is -0.481. The van der Waals surface area contributed by atoms with E-state index in [1.807, 2.05) is 0 Å². The van der Waals surface area contributed by atoms with E-state index < -0.39 is 6.10 Å². The van der Waals surface area contributed by atoms with Crippen LogP contribution in [-0.4, -0.2) is 5.11 Å². The van der Waals surface area contributed by atoms with Gasteiger partial charge in [-0.3, -0.25) is 0 Å². The molecule has 0 bridgehead atoms. The summed E-state index contributed by atoms with van der Waals surface area (Å²) in [6.07, 6.45) is 2.51. The lowest BCUT2D eigenvalue weighted by atomic mass is 9.89. The van der Waals surface area contributed by atoms with E-state index in [1.165, 1.54) is 22.3 Å². The van der Waals surface area contributed by atoms with Crippen LogP contribution in [0.3, 0.4) is 0 Å². The fourth-order valence-electron chi connectivity index (χ4n) is 2.79. The van der Waals surface area contributed by atoms with Crippen LogP contribution in [0.2, 0.25) is 0 Å². The molecule has 0 aliphatic heterocycles. The molecule has 1 aromatic carbocycles. The van der Waals surface area contributed by atoms with E-state index in [4.69, 9.17) is 0 Å². The Kier molecular flexibility index (Phi) is 5.00. The molecule has 2 aromatic rings. The van der Waals surface area contributed by atoms with Crippen LogP contribution in [0, 0.1) is 6.92 Å². The molecule has 108 valence electrons. The molecule has 0 spiro atoms. The van der Waals surface area contributed by atoms with Crippen LogP contribution in [0.5, 0.6) is 0 Å². The zero-order chi connectivity index (χ0) is 14.7. The van der Waals surface area contributed by atoms with Gasteiger partial charge < -0.3 is 5.11 Å². The fraction of sp³-hybridized carbons (Fsp3) is 0.444. The summed E-state index contributed by atoms with van der Waals surface area (Å²) in [5.74, 6) is 0. The van der Waals surface area contributed by atoms with Gasteiger partial charge in [-0.05, 0) is 65.4 Å². The lowest BCUT2D eigenvalue weighted by molar-refractivity contribution is 0.221. The van der Waals surface area contributed by atoms with E-state index in [1.54, 1.807) is 11.3 Å². The second kappa shape index (κ2) is 6.55. The summed E-state index contributed by atoms with van der Waals surface area (Å²) in [5, 5.41) is 12.9. The van der Waals surface area contributed by atoms with Gasteiger partial charge in [0.05, 0.1) is 0 Å². The SMILES string of the molecule is CCc1cc(CC)c(C(O)c2sccc2C)c(CC)c1. The first-order valence-corrected chi connectivity index (χ1v) is 8.36. The molecule has 1 unspecified atom stereocenters. The summed E-state index contributed by atoms with van der Waals surface area (Å²) in [6.45, 7) is 8.61.